The van der Waals surface area contributed by atoms with Crippen LogP contribution in [0.5, 0.6) is 0 Å². The van der Waals surface area contributed by atoms with Crippen molar-refractivity contribution in [3.63, 3.8) is 0 Å². The molecule has 0 radical (unpaired) electrons. The van der Waals surface area contributed by atoms with Crippen LogP contribution in [0.3, 0.4) is 0 Å². The number of halogens is 3. The Morgan fingerprint density at radius 3 is 2.60 bits per heavy atom. The Morgan fingerprint density at radius 1 is 1.23 bits per heavy atom. The molecule has 3 heterocycles. The summed E-state index contributed by atoms with van der Waals surface area (Å²) in [4.78, 5) is 22.8. The van der Waals surface area contributed by atoms with Crippen LogP contribution >= 0.6 is 12.2 Å². The van der Waals surface area contributed by atoms with E-state index in [1.807, 2.05) is 10.8 Å². The number of thiocarbonyl (C=S) groups is 1. The number of nitriles is 1. The summed E-state index contributed by atoms with van der Waals surface area (Å²) in [6.07, 6.45) is -1.14. The Morgan fingerprint density at radius 2 is 1.94 bits per heavy atom. The number of carbonyl (C=O) groups excluding carboxylic acids is 1. The van der Waals surface area contributed by atoms with Gasteiger partial charge in [0.15, 0.2) is 5.11 Å². The standard InChI is InChI=1S/C23H25F3N6O2S/c1-22(2)20(33)32(18-4-3-16(12-27)19(11-18)23(24,25)26)21(35)31(22)14-17-13-30(15-28-17)6-5-29-7-9-34-10-8-29/h3-4,11,13,15H,5-10,14H2,1-2H3. The minimum absolute atomic E-state index is 0.0297. The van der Waals surface area contributed by atoms with Gasteiger partial charge in [-0.1, -0.05) is 0 Å². The third-order valence-corrected chi connectivity index (χ3v) is 6.70. The van der Waals surface area contributed by atoms with Gasteiger partial charge in [0.1, 0.15) is 5.54 Å². The van der Waals surface area contributed by atoms with E-state index >= 15 is 0 Å². The lowest BCUT2D eigenvalue weighted by Gasteiger charge is -2.28. The molecule has 2 aliphatic rings. The molecule has 0 bridgehead atoms. The van der Waals surface area contributed by atoms with Crippen molar-refractivity contribution in [3.05, 3.63) is 47.5 Å². The van der Waals surface area contributed by atoms with E-state index in [1.165, 1.54) is 6.07 Å². The molecule has 1 amide bonds. The Labute approximate surface area is 206 Å². The van der Waals surface area contributed by atoms with Crippen molar-refractivity contribution in [1.82, 2.24) is 19.4 Å². The third-order valence-electron chi connectivity index (χ3n) is 6.30. The van der Waals surface area contributed by atoms with Gasteiger partial charge < -0.3 is 14.2 Å². The SMILES string of the molecule is CC1(C)C(=O)N(c2ccc(C#N)c(C(F)(F)F)c2)C(=S)N1Cc1cn(CCN2CCOCC2)cn1. The maximum atomic E-state index is 13.5. The fraction of sp³-hybridized carbons (Fsp3) is 0.478. The number of imidazole rings is 1. The molecular weight excluding hydrogens is 481 g/mol. The van der Waals surface area contributed by atoms with Crippen LogP contribution in [0.2, 0.25) is 0 Å². The van der Waals surface area contributed by atoms with Crippen LogP contribution in [-0.4, -0.2) is 68.8 Å². The molecule has 12 heteroatoms. The minimum atomic E-state index is -4.74. The lowest BCUT2D eigenvalue weighted by molar-refractivity contribution is -0.137. The Bertz CT molecular complexity index is 1170. The van der Waals surface area contributed by atoms with E-state index in [1.54, 1.807) is 31.1 Å². The van der Waals surface area contributed by atoms with Crippen molar-refractivity contribution in [1.29, 1.82) is 5.26 Å². The van der Waals surface area contributed by atoms with E-state index in [0.717, 1.165) is 56.4 Å². The molecule has 8 nitrogen and oxygen atoms in total. The molecule has 0 atom stereocenters. The molecular formula is C23H25F3N6O2S. The van der Waals surface area contributed by atoms with Crippen LogP contribution in [0.4, 0.5) is 18.9 Å². The first-order valence-corrected chi connectivity index (χ1v) is 11.5. The first kappa shape index (κ1) is 25.1. The van der Waals surface area contributed by atoms with Gasteiger partial charge in [0.2, 0.25) is 0 Å². The monoisotopic (exact) mass is 506 g/mol. The molecule has 0 unspecified atom stereocenters. The summed E-state index contributed by atoms with van der Waals surface area (Å²) in [6.45, 7) is 8.41. The summed E-state index contributed by atoms with van der Waals surface area (Å²) in [5.74, 6) is -0.452. The average molecular weight is 507 g/mol. The smallest absolute Gasteiger partial charge is 0.379 e. The van der Waals surface area contributed by atoms with Gasteiger partial charge in [-0.25, -0.2) is 4.98 Å². The molecule has 2 aromatic rings. The topological polar surface area (TPSA) is 77.6 Å². The van der Waals surface area contributed by atoms with Gasteiger partial charge in [0.05, 0.1) is 54.7 Å². The first-order valence-electron chi connectivity index (χ1n) is 11.1. The number of hydrogen-bond donors (Lipinski definition) is 0. The zero-order valence-corrected chi connectivity index (χ0v) is 20.2. The number of benzene rings is 1. The third kappa shape index (κ3) is 5.03. The Balaban J connectivity index is 1.52. The van der Waals surface area contributed by atoms with Gasteiger partial charge in [-0.05, 0) is 44.3 Å². The summed E-state index contributed by atoms with van der Waals surface area (Å²) in [7, 11) is 0. The zero-order valence-electron chi connectivity index (χ0n) is 19.4. The number of aromatic nitrogens is 2. The summed E-state index contributed by atoms with van der Waals surface area (Å²) < 4.78 is 47.8. The molecule has 2 saturated heterocycles. The molecule has 1 aromatic carbocycles. The van der Waals surface area contributed by atoms with Crippen LogP contribution in [0, 0.1) is 11.3 Å². The molecule has 2 aliphatic heterocycles. The number of ether oxygens (including phenoxy) is 1. The molecule has 35 heavy (non-hydrogen) atoms. The molecule has 1 aromatic heterocycles. The van der Waals surface area contributed by atoms with Gasteiger partial charge in [0.25, 0.3) is 5.91 Å². The largest absolute Gasteiger partial charge is 0.417 e. The number of alkyl halides is 3. The number of nitrogens with zero attached hydrogens (tertiary/aromatic N) is 6. The maximum absolute atomic E-state index is 13.5. The maximum Gasteiger partial charge on any atom is 0.417 e. The fourth-order valence-corrected chi connectivity index (χ4v) is 4.67. The fourth-order valence-electron chi connectivity index (χ4n) is 4.19. The molecule has 2 fully saturated rings. The Kier molecular flexibility index (Phi) is 6.86. The van der Waals surface area contributed by atoms with E-state index in [4.69, 9.17) is 22.2 Å². The lowest BCUT2D eigenvalue weighted by atomic mass is 10.0. The zero-order chi connectivity index (χ0) is 25.4. The van der Waals surface area contributed by atoms with Gasteiger partial charge in [-0.2, -0.15) is 18.4 Å². The molecule has 0 spiro atoms. The second kappa shape index (κ2) is 9.56. The van der Waals surface area contributed by atoms with Crippen molar-refractivity contribution in [2.75, 3.05) is 37.7 Å². The molecule has 4 rings (SSSR count). The number of rotatable bonds is 6. The van der Waals surface area contributed by atoms with Gasteiger partial charge in [-0.3, -0.25) is 14.6 Å². The van der Waals surface area contributed by atoms with Crippen molar-refractivity contribution in [2.45, 2.75) is 38.7 Å². The van der Waals surface area contributed by atoms with Crippen LogP contribution in [0.1, 0.15) is 30.7 Å². The first-order chi connectivity index (χ1) is 16.5. The highest BCUT2D eigenvalue weighted by molar-refractivity contribution is 7.80. The van der Waals surface area contributed by atoms with Crippen molar-refractivity contribution in [2.24, 2.45) is 0 Å². The van der Waals surface area contributed by atoms with E-state index < -0.39 is 28.7 Å². The van der Waals surface area contributed by atoms with Crippen LogP contribution in [0.15, 0.2) is 30.7 Å². The summed E-state index contributed by atoms with van der Waals surface area (Å²) in [5.41, 5.74) is -2.06. The van der Waals surface area contributed by atoms with E-state index in [2.05, 4.69) is 9.88 Å². The van der Waals surface area contributed by atoms with Crippen LogP contribution in [-0.2, 0) is 28.8 Å². The van der Waals surface area contributed by atoms with Crippen molar-refractivity contribution >= 4 is 28.9 Å². The average Bonchev–Trinajstić information content (AvgIpc) is 3.34. The highest BCUT2D eigenvalue weighted by atomic mass is 32.1. The van der Waals surface area contributed by atoms with Crippen LogP contribution < -0.4 is 4.90 Å². The second-order valence-corrected chi connectivity index (χ2v) is 9.33. The number of morpholine rings is 1. The highest BCUT2D eigenvalue weighted by Gasteiger charge is 2.50. The number of carbonyl (C=O) groups is 1. The quantitative estimate of drug-likeness (QED) is 0.558. The van der Waals surface area contributed by atoms with E-state index in [-0.39, 0.29) is 17.3 Å². The van der Waals surface area contributed by atoms with Gasteiger partial charge >= 0.3 is 6.18 Å². The van der Waals surface area contributed by atoms with Crippen LogP contribution in [0.25, 0.3) is 0 Å². The number of anilines is 1. The van der Waals surface area contributed by atoms with E-state index in [0.29, 0.717) is 5.69 Å². The molecule has 0 saturated carbocycles. The number of amides is 1. The second-order valence-electron chi connectivity index (χ2n) is 8.96. The molecule has 0 N–H and O–H groups in total. The normalized spacial score (nSPS) is 18.9. The highest BCUT2D eigenvalue weighted by Crippen LogP contribution is 2.38. The summed E-state index contributed by atoms with van der Waals surface area (Å²) in [6, 6.07) is 4.70. The van der Waals surface area contributed by atoms with Gasteiger partial charge in [0, 0.05) is 32.4 Å². The minimum Gasteiger partial charge on any atom is -0.379 e. The Hall–Kier alpha value is -3.01. The predicted octanol–water partition coefficient (Wildman–Crippen LogP) is 3.02. The van der Waals surface area contributed by atoms with E-state index in [9.17, 15) is 18.0 Å². The molecule has 186 valence electrons. The predicted molar refractivity (Wildman–Crippen MR) is 125 cm³/mol. The number of hydrogen-bond acceptors (Lipinski definition) is 6. The lowest BCUT2D eigenvalue weighted by Crippen LogP contribution is -2.43. The van der Waals surface area contributed by atoms with Crippen molar-refractivity contribution in [3.8, 4) is 6.07 Å². The van der Waals surface area contributed by atoms with Gasteiger partial charge in [-0.15, -0.1) is 0 Å². The molecule has 0 aliphatic carbocycles. The summed E-state index contributed by atoms with van der Waals surface area (Å²) in [5, 5.41) is 9.15. The summed E-state index contributed by atoms with van der Waals surface area (Å²) >= 11 is 5.54. The van der Waals surface area contributed by atoms with Crippen molar-refractivity contribution < 1.29 is 22.7 Å².